The lowest BCUT2D eigenvalue weighted by Crippen LogP contribution is -3.01. The number of allylic oxidation sites excluding steroid dienone is 2. The van der Waals surface area contributed by atoms with Crippen LogP contribution in [0.3, 0.4) is 0 Å². The average molecular weight is 258 g/mol. The summed E-state index contributed by atoms with van der Waals surface area (Å²) < 4.78 is 0. The SMILES string of the molecule is CCCCCCCCCCC[NH+]1C=CC=C1.[Cl-]. The maximum absolute atomic E-state index is 2.28. The molecule has 1 aliphatic rings. The van der Waals surface area contributed by atoms with E-state index in [0.29, 0.717) is 0 Å². The largest absolute Gasteiger partial charge is 1.00 e. The zero-order chi connectivity index (χ0) is 11.5. The van der Waals surface area contributed by atoms with E-state index in [1.54, 1.807) is 0 Å². The monoisotopic (exact) mass is 257 g/mol. The molecule has 0 radical (unpaired) electrons. The van der Waals surface area contributed by atoms with Gasteiger partial charge in [-0.15, -0.1) is 0 Å². The summed E-state index contributed by atoms with van der Waals surface area (Å²) in [5.41, 5.74) is 0. The van der Waals surface area contributed by atoms with E-state index >= 15 is 0 Å². The number of nitrogens with one attached hydrogen (secondary N) is 1. The predicted molar refractivity (Wildman–Crippen MR) is 71.3 cm³/mol. The number of hydrogen-bond donors (Lipinski definition) is 1. The molecule has 0 fully saturated rings. The number of unbranched alkanes of at least 4 members (excludes halogenated alkanes) is 8. The molecule has 0 aromatic carbocycles. The Kier molecular flexibility index (Phi) is 12.0. The Bertz CT molecular complexity index is 199. The zero-order valence-electron chi connectivity index (χ0n) is 11.3. The summed E-state index contributed by atoms with van der Waals surface area (Å²) in [7, 11) is 0. The summed E-state index contributed by atoms with van der Waals surface area (Å²) in [6, 6.07) is 0. The summed E-state index contributed by atoms with van der Waals surface area (Å²) in [6.07, 6.45) is 21.6. The van der Waals surface area contributed by atoms with Crippen molar-refractivity contribution in [2.24, 2.45) is 0 Å². The minimum atomic E-state index is 0. The first-order valence-electron chi connectivity index (χ1n) is 7.14. The van der Waals surface area contributed by atoms with Gasteiger partial charge in [0.2, 0.25) is 0 Å². The maximum atomic E-state index is 2.28. The van der Waals surface area contributed by atoms with E-state index in [0.717, 1.165) is 0 Å². The van der Waals surface area contributed by atoms with Crippen molar-refractivity contribution in [1.29, 1.82) is 0 Å². The molecule has 0 saturated carbocycles. The highest BCUT2D eigenvalue weighted by Crippen LogP contribution is 2.08. The second kappa shape index (κ2) is 12.2. The summed E-state index contributed by atoms with van der Waals surface area (Å²) in [5.74, 6) is 0. The number of halogens is 1. The summed E-state index contributed by atoms with van der Waals surface area (Å²) in [5, 5.41) is 0. The lowest BCUT2D eigenvalue weighted by Gasteiger charge is -2.06. The lowest BCUT2D eigenvalue weighted by atomic mass is 10.1. The standard InChI is InChI=1S/C15H27N.ClH/c1-2-3-4-5-6-7-8-9-10-13-16-14-11-12-15-16;/h11-12,14-15H,2-10,13H2,1H3;1H. The molecule has 1 nitrogen and oxygen atoms in total. The number of hydrogen-bond acceptors (Lipinski definition) is 0. The van der Waals surface area contributed by atoms with Crippen molar-refractivity contribution in [2.75, 3.05) is 6.54 Å². The van der Waals surface area contributed by atoms with Crippen LogP contribution in [0.25, 0.3) is 0 Å². The average Bonchev–Trinajstić information content (AvgIpc) is 2.80. The molecule has 0 bridgehead atoms. The predicted octanol–water partition coefficient (Wildman–Crippen LogP) is 0.447. The topological polar surface area (TPSA) is 4.44 Å². The molecule has 0 amide bonds. The van der Waals surface area contributed by atoms with Gasteiger partial charge in [0.15, 0.2) is 0 Å². The smallest absolute Gasteiger partial charge is 0.0990 e. The quantitative estimate of drug-likeness (QED) is 0.542. The maximum Gasteiger partial charge on any atom is 0.0990 e. The summed E-state index contributed by atoms with van der Waals surface area (Å²) in [6.45, 7) is 3.56. The summed E-state index contributed by atoms with van der Waals surface area (Å²) in [4.78, 5) is 1.52. The van der Waals surface area contributed by atoms with Gasteiger partial charge in [0.25, 0.3) is 0 Å². The van der Waals surface area contributed by atoms with Crippen molar-refractivity contribution in [1.82, 2.24) is 0 Å². The minimum Gasteiger partial charge on any atom is -1.00 e. The molecule has 1 rings (SSSR count). The number of quaternary nitrogens is 1. The highest BCUT2D eigenvalue weighted by atomic mass is 35.5. The Morgan fingerprint density at radius 2 is 1.18 bits per heavy atom. The molecular weight excluding hydrogens is 230 g/mol. The van der Waals surface area contributed by atoms with Crippen LogP contribution in [0.4, 0.5) is 0 Å². The van der Waals surface area contributed by atoms with E-state index in [-0.39, 0.29) is 12.4 Å². The number of rotatable bonds is 10. The van der Waals surface area contributed by atoms with Crippen molar-refractivity contribution >= 4 is 0 Å². The van der Waals surface area contributed by atoms with Crippen molar-refractivity contribution in [3.8, 4) is 0 Å². The van der Waals surface area contributed by atoms with Crippen LogP contribution in [0.15, 0.2) is 24.6 Å². The van der Waals surface area contributed by atoms with E-state index in [1.807, 2.05) is 0 Å². The summed E-state index contributed by atoms with van der Waals surface area (Å²) >= 11 is 0. The lowest BCUT2D eigenvalue weighted by molar-refractivity contribution is -0.787. The van der Waals surface area contributed by atoms with Crippen LogP contribution in [0, 0.1) is 0 Å². The van der Waals surface area contributed by atoms with Gasteiger partial charge in [0.05, 0.1) is 18.9 Å². The van der Waals surface area contributed by atoms with Crippen LogP contribution >= 0.6 is 0 Å². The third kappa shape index (κ3) is 9.43. The molecule has 0 atom stereocenters. The van der Waals surface area contributed by atoms with E-state index < -0.39 is 0 Å². The zero-order valence-corrected chi connectivity index (χ0v) is 12.0. The van der Waals surface area contributed by atoms with Crippen LogP contribution in [-0.4, -0.2) is 6.54 Å². The first-order chi connectivity index (χ1) is 7.93. The minimum absolute atomic E-state index is 0. The van der Waals surface area contributed by atoms with Gasteiger partial charge in [0.1, 0.15) is 0 Å². The molecule has 1 heterocycles. The molecule has 0 saturated heterocycles. The third-order valence-electron chi connectivity index (χ3n) is 3.30. The fourth-order valence-electron chi connectivity index (χ4n) is 2.22. The van der Waals surface area contributed by atoms with Crippen LogP contribution < -0.4 is 17.3 Å². The first kappa shape index (κ1) is 16.7. The van der Waals surface area contributed by atoms with E-state index in [1.165, 1.54) is 69.2 Å². The van der Waals surface area contributed by atoms with E-state index in [9.17, 15) is 0 Å². The molecule has 100 valence electrons. The molecule has 0 aliphatic carbocycles. The molecule has 1 N–H and O–H groups in total. The molecule has 0 aromatic rings. The van der Waals surface area contributed by atoms with Gasteiger partial charge in [0, 0.05) is 0 Å². The second-order valence-electron chi connectivity index (χ2n) is 4.87. The van der Waals surface area contributed by atoms with Crippen LogP contribution in [-0.2, 0) is 0 Å². The normalized spacial score (nSPS) is 14.2. The van der Waals surface area contributed by atoms with Crippen molar-refractivity contribution in [2.45, 2.75) is 64.7 Å². The van der Waals surface area contributed by atoms with Gasteiger partial charge < -0.3 is 12.4 Å². The molecule has 0 aromatic heterocycles. The van der Waals surface area contributed by atoms with Gasteiger partial charge in [-0.25, -0.2) is 0 Å². The fraction of sp³-hybridized carbons (Fsp3) is 0.733. The van der Waals surface area contributed by atoms with Crippen LogP contribution in [0.1, 0.15) is 64.7 Å². The van der Waals surface area contributed by atoms with Gasteiger partial charge in [-0.1, -0.05) is 51.9 Å². The first-order valence-corrected chi connectivity index (χ1v) is 7.14. The van der Waals surface area contributed by atoms with Gasteiger partial charge in [-0.05, 0) is 25.0 Å². The van der Waals surface area contributed by atoms with Gasteiger partial charge in [-0.3, -0.25) is 4.90 Å². The Morgan fingerprint density at radius 3 is 1.71 bits per heavy atom. The van der Waals surface area contributed by atoms with Crippen molar-refractivity contribution in [3.63, 3.8) is 0 Å². The Labute approximate surface area is 113 Å². The Balaban J connectivity index is 0.00000256. The van der Waals surface area contributed by atoms with Crippen molar-refractivity contribution < 1.29 is 17.3 Å². The van der Waals surface area contributed by atoms with Crippen LogP contribution in [0.2, 0.25) is 0 Å². The Morgan fingerprint density at radius 1 is 0.706 bits per heavy atom. The Hall–Kier alpha value is -0.270. The molecular formula is C15H28ClN. The molecule has 0 unspecified atom stereocenters. The van der Waals surface area contributed by atoms with Crippen molar-refractivity contribution in [3.05, 3.63) is 24.6 Å². The molecule has 2 heteroatoms. The van der Waals surface area contributed by atoms with Gasteiger partial charge >= 0.3 is 0 Å². The fourth-order valence-corrected chi connectivity index (χ4v) is 2.22. The van der Waals surface area contributed by atoms with Gasteiger partial charge in [-0.2, -0.15) is 0 Å². The highest BCUT2D eigenvalue weighted by Gasteiger charge is 2.02. The van der Waals surface area contributed by atoms with Crippen LogP contribution in [0.5, 0.6) is 0 Å². The molecule has 1 aliphatic heterocycles. The molecule has 0 spiro atoms. The highest BCUT2D eigenvalue weighted by molar-refractivity contribution is 5.00. The molecule has 17 heavy (non-hydrogen) atoms. The second-order valence-corrected chi connectivity index (χ2v) is 4.87. The van der Waals surface area contributed by atoms with E-state index in [4.69, 9.17) is 0 Å². The third-order valence-corrected chi connectivity index (χ3v) is 3.30. The van der Waals surface area contributed by atoms with E-state index in [2.05, 4.69) is 31.5 Å².